The summed E-state index contributed by atoms with van der Waals surface area (Å²) in [6, 6.07) is 8.88. The molecule has 1 atom stereocenters. The molecule has 0 saturated heterocycles. The van der Waals surface area contributed by atoms with Crippen LogP contribution in [0.5, 0.6) is 5.75 Å². The molecule has 1 fully saturated rings. The molecule has 0 radical (unpaired) electrons. The third kappa shape index (κ3) is 5.01. The lowest BCUT2D eigenvalue weighted by atomic mass is 10.0. The van der Waals surface area contributed by atoms with Crippen molar-refractivity contribution >= 4 is 17.6 Å². The molecule has 1 aliphatic carbocycles. The number of hydrogen-bond acceptors (Lipinski definition) is 5. The van der Waals surface area contributed by atoms with Crippen LogP contribution in [0.4, 0.5) is 14.5 Å². The van der Waals surface area contributed by atoms with Gasteiger partial charge in [-0.2, -0.15) is 0 Å². The van der Waals surface area contributed by atoms with Crippen molar-refractivity contribution in [3.8, 4) is 5.75 Å². The zero-order valence-electron chi connectivity index (χ0n) is 16.1. The number of benzene rings is 2. The SMILES string of the molecule is COC(=O)c1cc(NCC(=O)NC(c2ccc(OC)cc2)C2CC2)c(F)cc1F. The largest absolute Gasteiger partial charge is 0.497 e. The molecule has 0 aliphatic heterocycles. The van der Waals surface area contributed by atoms with Crippen LogP contribution in [-0.2, 0) is 9.53 Å². The molecule has 154 valence electrons. The lowest BCUT2D eigenvalue weighted by Crippen LogP contribution is -2.34. The van der Waals surface area contributed by atoms with E-state index < -0.39 is 23.2 Å². The van der Waals surface area contributed by atoms with Gasteiger partial charge in [-0.3, -0.25) is 4.79 Å². The molecular weight excluding hydrogens is 382 g/mol. The fourth-order valence-electron chi connectivity index (χ4n) is 3.06. The van der Waals surface area contributed by atoms with Crippen molar-refractivity contribution < 1.29 is 27.8 Å². The molecule has 0 bridgehead atoms. The second kappa shape index (κ2) is 8.89. The van der Waals surface area contributed by atoms with Crippen molar-refractivity contribution in [3.05, 3.63) is 59.2 Å². The Morgan fingerprint density at radius 3 is 2.38 bits per heavy atom. The van der Waals surface area contributed by atoms with E-state index in [4.69, 9.17) is 4.74 Å². The molecule has 8 heteroatoms. The maximum Gasteiger partial charge on any atom is 0.340 e. The van der Waals surface area contributed by atoms with Gasteiger partial charge in [-0.05, 0) is 42.5 Å². The number of carbonyl (C=O) groups excluding carboxylic acids is 2. The summed E-state index contributed by atoms with van der Waals surface area (Å²) in [4.78, 5) is 24.0. The Bertz CT molecular complexity index is 898. The first-order valence-electron chi connectivity index (χ1n) is 9.17. The Kier molecular flexibility index (Phi) is 6.31. The number of amides is 1. The highest BCUT2D eigenvalue weighted by atomic mass is 19.1. The first-order chi connectivity index (χ1) is 13.9. The minimum atomic E-state index is -1.03. The smallest absolute Gasteiger partial charge is 0.340 e. The van der Waals surface area contributed by atoms with Crippen molar-refractivity contribution in [1.29, 1.82) is 0 Å². The quantitative estimate of drug-likeness (QED) is 0.659. The Morgan fingerprint density at radius 2 is 1.79 bits per heavy atom. The zero-order chi connectivity index (χ0) is 21.0. The lowest BCUT2D eigenvalue weighted by molar-refractivity contribution is -0.120. The molecule has 29 heavy (non-hydrogen) atoms. The van der Waals surface area contributed by atoms with E-state index >= 15 is 0 Å². The predicted molar refractivity (Wildman–Crippen MR) is 103 cm³/mol. The third-order valence-corrected chi connectivity index (χ3v) is 4.79. The first-order valence-corrected chi connectivity index (χ1v) is 9.17. The maximum absolute atomic E-state index is 14.0. The van der Waals surface area contributed by atoms with Gasteiger partial charge in [-0.15, -0.1) is 0 Å². The van der Waals surface area contributed by atoms with Gasteiger partial charge in [0.2, 0.25) is 5.91 Å². The van der Waals surface area contributed by atoms with E-state index in [0.29, 0.717) is 12.0 Å². The summed E-state index contributed by atoms with van der Waals surface area (Å²) in [6.07, 6.45) is 2.03. The average Bonchev–Trinajstić information content (AvgIpc) is 3.56. The number of carbonyl (C=O) groups is 2. The number of rotatable bonds is 8. The molecule has 2 aromatic carbocycles. The van der Waals surface area contributed by atoms with Crippen LogP contribution in [-0.4, -0.2) is 32.6 Å². The van der Waals surface area contributed by atoms with Crippen molar-refractivity contribution in [2.75, 3.05) is 26.1 Å². The molecule has 0 spiro atoms. The lowest BCUT2D eigenvalue weighted by Gasteiger charge is -2.19. The summed E-state index contributed by atoms with van der Waals surface area (Å²) >= 11 is 0. The molecule has 2 aromatic rings. The van der Waals surface area contributed by atoms with Crippen LogP contribution < -0.4 is 15.4 Å². The van der Waals surface area contributed by atoms with Crippen molar-refractivity contribution in [2.24, 2.45) is 5.92 Å². The van der Waals surface area contributed by atoms with Gasteiger partial charge in [0.25, 0.3) is 0 Å². The molecule has 1 amide bonds. The van der Waals surface area contributed by atoms with Crippen LogP contribution in [0, 0.1) is 17.6 Å². The Labute approximate surface area is 167 Å². The Hall–Kier alpha value is -3.16. The van der Waals surface area contributed by atoms with Gasteiger partial charge in [-0.25, -0.2) is 13.6 Å². The maximum atomic E-state index is 14.0. The van der Waals surface area contributed by atoms with Gasteiger partial charge in [0, 0.05) is 6.07 Å². The normalized spacial score (nSPS) is 14.1. The molecule has 1 saturated carbocycles. The van der Waals surface area contributed by atoms with Gasteiger partial charge in [0.1, 0.15) is 17.4 Å². The van der Waals surface area contributed by atoms with Crippen LogP contribution >= 0.6 is 0 Å². The van der Waals surface area contributed by atoms with Crippen molar-refractivity contribution in [2.45, 2.75) is 18.9 Å². The average molecular weight is 404 g/mol. The van der Waals surface area contributed by atoms with E-state index in [0.717, 1.165) is 37.3 Å². The highest BCUT2D eigenvalue weighted by Crippen LogP contribution is 2.41. The highest BCUT2D eigenvalue weighted by Gasteiger charge is 2.33. The first kappa shape index (κ1) is 20.6. The molecule has 0 aromatic heterocycles. The number of esters is 1. The second-order valence-corrected chi connectivity index (χ2v) is 6.81. The zero-order valence-corrected chi connectivity index (χ0v) is 16.1. The number of nitrogens with one attached hydrogen (secondary N) is 2. The Balaban J connectivity index is 1.66. The number of halogens is 2. The van der Waals surface area contributed by atoms with E-state index in [2.05, 4.69) is 15.4 Å². The molecule has 0 heterocycles. The minimum absolute atomic E-state index is 0.154. The molecule has 1 aliphatic rings. The summed E-state index contributed by atoms with van der Waals surface area (Å²) in [5, 5.41) is 5.56. The second-order valence-electron chi connectivity index (χ2n) is 6.81. The molecule has 1 unspecified atom stereocenters. The third-order valence-electron chi connectivity index (χ3n) is 4.79. The van der Waals surface area contributed by atoms with Crippen LogP contribution in [0.25, 0.3) is 0 Å². The van der Waals surface area contributed by atoms with Crippen molar-refractivity contribution in [3.63, 3.8) is 0 Å². The van der Waals surface area contributed by atoms with E-state index in [-0.39, 0.29) is 24.2 Å². The van der Waals surface area contributed by atoms with Gasteiger partial charge in [0.05, 0.1) is 38.1 Å². The predicted octanol–water partition coefficient (Wildman–Crippen LogP) is 3.44. The summed E-state index contributed by atoms with van der Waals surface area (Å²) in [7, 11) is 2.68. The topological polar surface area (TPSA) is 76.7 Å². The number of methoxy groups -OCH3 is 2. The van der Waals surface area contributed by atoms with Gasteiger partial charge in [0.15, 0.2) is 0 Å². The number of hydrogen-bond donors (Lipinski definition) is 2. The van der Waals surface area contributed by atoms with Gasteiger partial charge >= 0.3 is 5.97 Å². The van der Waals surface area contributed by atoms with Crippen LogP contribution in [0.15, 0.2) is 36.4 Å². The van der Waals surface area contributed by atoms with E-state index in [1.165, 1.54) is 0 Å². The minimum Gasteiger partial charge on any atom is -0.497 e. The number of anilines is 1. The monoisotopic (exact) mass is 404 g/mol. The summed E-state index contributed by atoms with van der Waals surface area (Å²) in [5.41, 5.74) is 0.392. The van der Waals surface area contributed by atoms with E-state index in [1.54, 1.807) is 7.11 Å². The van der Waals surface area contributed by atoms with Gasteiger partial charge < -0.3 is 20.1 Å². The van der Waals surface area contributed by atoms with Crippen molar-refractivity contribution in [1.82, 2.24) is 5.32 Å². The standard InChI is InChI=1S/C21H22F2N2O4/c1-28-14-7-5-13(6-8-14)20(12-3-4-12)25-19(26)11-24-18-9-15(21(27)29-2)16(22)10-17(18)23/h5-10,12,20,24H,3-4,11H2,1-2H3,(H,25,26). The molecule has 2 N–H and O–H groups in total. The van der Waals surface area contributed by atoms with Crippen LogP contribution in [0.1, 0.15) is 34.8 Å². The summed E-state index contributed by atoms with van der Waals surface area (Å²) in [5.74, 6) is -2.14. The van der Waals surface area contributed by atoms with E-state index in [9.17, 15) is 18.4 Å². The van der Waals surface area contributed by atoms with Crippen LogP contribution in [0.2, 0.25) is 0 Å². The molecular formula is C21H22F2N2O4. The highest BCUT2D eigenvalue weighted by molar-refractivity contribution is 5.91. The molecule has 3 rings (SSSR count). The fraction of sp³-hybridized carbons (Fsp3) is 0.333. The fourth-order valence-corrected chi connectivity index (χ4v) is 3.06. The summed E-state index contributed by atoms with van der Waals surface area (Å²) in [6.45, 7) is -0.234. The van der Waals surface area contributed by atoms with Crippen LogP contribution in [0.3, 0.4) is 0 Å². The Morgan fingerprint density at radius 1 is 1.10 bits per heavy atom. The summed E-state index contributed by atoms with van der Waals surface area (Å²) < 4.78 is 37.3. The molecule has 6 nitrogen and oxygen atoms in total. The van der Waals surface area contributed by atoms with E-state index in [1.807, 2.05) is 24.3 Å². The van der Waals surface area contributed by atoms with Gasteiger partial charge in [-0.1, -0.05) is 12.1 Å². The number of ether oxygens (including phenoxy) is 2.